The minimum absolute atomic E-state index is 0.0312. The van der Waals surface area contributed by atoms with Gasteiger partial charge in [-0.2, -0.15) is 11.8 Å². The Morgan fingerprint density at radius 3 is 2.40 bits per heavy atom. The number of carboxylic acids is 1. The molecular weight excluding hydrogens is 218 g/mol. The SMILES string of the molecule is O=C([O-])CSCc1ccc([N+](=O)[O-])cc1. The van der Waals surface area contributed by atoms with E-state index in [-0.39, 0.29) is 11.4 Å². The van der Waals surface area contributed by atoms with Gasteiger partial charge in [0.15, 0.2) is 0 Å². The molecule has 0 atom stereocenters. The van der Waals surface area contributed by atoms with E-state index >= 15 is 0 Å². The van der Waals surface area contributed by atoms with E-state index < -0.39 is 10.9 Å². The fourth-order valence-corrected chi connectivity index (χ4v) is 1.66. The van der Waals surface area contributed by atoms with Crippen molar-refractivity contribution in [1.82, 2.24) is 0 Å². The third kappa shape index (κ3) is 3.99. The van der Waals surface area contributed by atoms with Crippen molar-refractivity contribution in [3.8, 4) is 0 Å². The van der Waals surface area contributed by atoms with Crippen LogP contribution in [0.5, 0.6) is 0 Å². The fraction of sp³-hybridized carbons (Fsp3) is 0.222. The van der Waals surface area contributed by atoms with E-state index in [0.29, 0.717) is 5.75 Å². The Morgan fingerprint density at radius 2 is 1.93 bits per heavy atom. The van der Waals surface area contributed by atoms with Crippen LogP contribution in [-0.2, 0) is 10.5 Å². The average molecular weight is 226 g/mol. The first kappa shape index (κ1) is 11.5. The van der Waals surface area contributed by atoms with Crippen LogP contribution in [0.1, 0.15) is 5.56 Å². The van der Waals surface area contributed by atoms with E-state index in [2.05, 4.69) is 0 Å². The first-order valence-corrected chi connectivity index (χ1v) is 5.26. The van der Waals surface area contributed by atoms with Crippen LogP contribution in [0.4, 0.5) is 5.69 Å². The molecule has 80 valence electrons. The maximum Gasteiger partial charge on any atom is 0.269 e. The van der Waals surface area contributed by atoms with Crippen LogP contribution in [0.2, 0.25) is 0 Å². The van der Waals surface area contributed by atoms with Crippen molar-refractivity contribution in [3.63, 3.8) is 0 Å². The monoisotopic (exact) mass is 226 g/mol. The number of thioether (sulfide) groups is 1. The number of hydrogen-bond acceptors (Lipinski definition) is 5. The molecule has 15 heavy (non-hydrogen) atoms. The molecule has 0 saturated heterocycles. The van der Waals surface area contributed by atoms with Gasteiger partial charge in [-0.1, -0.05) is 12.1 Å². The smallest absolute Gasteiger partial charge is 0.269 e. The number of aliphatic carboxylic acids is 1. The molecule has 5 nitrogen and oxygen atoms in total. The number of nitrogens with zero attached hydrogens (tertiary/aromatic N) is 1. The van der Waals surface area contributed by atoms with E-state index in [9.17, 15) is 20.0 Å². The fourth-order valence-electron chi connectivity index (χ4n) is 0.966. The summed E-state index contributed by atoms with van der Waals surface area (Å²) in [5, 5.41) is 20.4. The highest BCUT2D eigenvalue weighted by Crippen LogP contribution is 2.16. The van der Waals surface area contributed by atoms with Crippen molar-refractivity contribution < 1.29 is 14.8 Å². The van der Waals surface area contributed by atoms with Gasteiger partial charge >= 0.3 is 0 Å². The number of nitro groups is 1. The van der Waals surface area contributed by atoms with Crippen molar-refractivity contribution in [1.29, 1.82) is 0 Å². The lowest BCUT2D eigenvalue weighted by Crippen LogP contribution is -2.24. The Labute approximate surface area is 90.3 Å². The largest absolute Gasteiger partial charge is 0.549 e. The molecule has 1 aromatic carbocycles. The Morgan fingerprint density at radius 1 is 1.33 bits per heavy atom. The van der Waals surface area contributed by atoms with Crippen LogP contribution >= 0.6 is 11.8 Å². The van der Waals surface area contributed by atoms with Gasteiger partial charge in [0.2, 0.25) is 0 Å². The van der Waals surface area contributed by atoms with Crippen molar-refractivity contribution in [3.05, 3.63) is 39.9 Å². The summed E-state index contributed by atoms with van der Waals surface area (Å²) in [5.41, 5.74) is 0.885. The third-order valence-electron chi connectivity index (χ3n) is 1.64. The molecule has 0 aliphatic carbocycles. The van der Waals surface area contributed by atoms with Gasteiger partial charge < -0.3 is 9.90 Å². The predicted molar refractivity (Wildman–Crippen MR) is 54.3 cm³/mol. The number of rotatable bonds is 5. The van der Waals surface area contributed by atoms with Gasteiger partial charge in [0, 0.05) is 23.6 Å². The standard InChI is InChI=1S/C9H9NO4S/c11-9(12)6-15-5-7-1-3-8(4-2-7)10(13)14/h1-4H,5-6H2,(H,11,12)/p-1. The zero-order chi connectivity index (χ0) is 11.3. The number of carboxylic acid groups (broad SMARTS) is 1. The molecule has 0 amide bonds. The molecule has 0 heterocycles. The molecule has 0 fully saturated rings. The van der Waals surface area contributed by atoms with Gasteiger partial charge in [-0.15, -0.1) is 0 Å². The Kier molecular flexibility index (Phi) is 4.11. The van der Waals surface area contributed by atoms with Gasteiger partial charge in [0.05, 0.1) is 10.9 Å². The van der Waals surface area contributed by atoms with Gasteiger partial charge in [0.1, 0.15) is 0 Å². The lowest BCUT2D eigenvalue weighted by molar-refractivity contribution is -0.384. The minimum atomic E-state index is -1.11. The quantitative estimate of drug-likeness (QED) is 0.541. The van der Waals surface area contributed by atoms with Crippen LogP contribution in [0.3, 0.4) is 0 Å². The van der Waals surface area contributed by atoms with Crippen LogP contribution < -0.4 is 5.11 Å². The highest BCUT2D eigenvalue weighted by atomic mass is 32.2. The average Bonchev–Trinajstić information content (AvgIpc) is 2.18. The highest BCUT2D eigenvalue weighted by Gasteiger charge is 2.03. The maximum atomic E-state index is 10.3. The number of benzene rings is 1. The maximum absolute atomic E-state index is 10.3. The van der Waals surface area contributed by atoms with E-state index in [1.54, 1.807) is 12.1 Å². The molecule has 0 unspecified atom stereocenters. The predicted octanol–water partition coefficient (Wildman–Crippen LogP) is 0.578. The van der Waals surface area contributed by atoms with Crippen LogP contribution in [0, 0.1) is 10.1 Å². The summed E-state index contributed by atoms with van der Waals surface area (Å²) in [7, 11) is 0. The molecule has 1 rings (SSSR count). The molecular formula is C9H8NO4S-. The minimum Gasteiger partial charge on any atom is -0.549 e. The van der Waals surface area contributed by atoms with Crippen LogP contribution in [0.15, 0.2) is 24.3 Å². The molecule has 0 aliphatic rings. The van der Waals surface area contributed by atoms with Crippen LogP contribution in [-0.4, -0.2) is 16.6 Å². The number of carbonyl (C=O) groups excluding carboxylic acids is 1. The van der Waals surface area contributed by atoms with E-state index in [0.717, 1.165) is 5.56 Å². The zero-order valence-corrected chi connectivity index (χ0v) is 8.53. The van der Waals surface area contributed by atoms with Gasteiger partial charge in [0.25, 0.3) is 5.69 Å². The Bertz CT molecular complexity index is 363. The summed E-state index contributed by atoms with van der Waals surface area (Å²) in [6.45, 7) is 0. The van der Waals surface area contributed by atoms with Gasteiger partial charge in [-0.05, 0) is 5.56 Å². The molecule has 0 aromatic heterocycles. The van der Waals surface area contributed by atoms with Crippen molar-refractivity contribution >= 4 is 23.4 Å². The van der Waals surface area contributed by atoms with Crippen molar-refractivity contribution in [2.75, 3.05) is 5.75 Å². The summed E-state index contributed by atoms with van der Waals surface area (Å²) < 4.78 is 0. The number of hydrogen-bond donors (Lipinski definition) is 0. The van der Waals surface area contributed by atoms with Gasteiger partial charge in [-0.25, -0.2) is 0 Å². The Balaban J connectivity index is 2.50. The van der Waals surface area contributed by atoms with Crippen molar-refractivity contribution in [2.45, 2.75) is 5.75 Å². The van der Waals surface area contributed by atoms with Gasteiger partial charge in [-0.3, -0.25) is 10.1 Å². The molecule has 6 heteroatoms. The molecule has 0 bridgehead atoms. The lowest BCUT2D eigenvalue weighted by Gasteiger charge is -2.02. The number of non-ortho nitro benzene ring substituents is 1. The normalized spacial score (nSPS) is 9.87. The third-order valence-corrected chi connectivity index (χ3v) is 2.61. The molecule has 0 saturated carbocycles. The van der Waals surface area contributed by atoms with Crippen molar-refractivity contribution in [2.24, 2.45) is 0 Å². The van der Waals surface area contributed by atoms with E-state index in [4.69, 9.17) is 0 Å². The topological polar surface area (TPSA) is 83.3 Å². The highest BCUT2D eigenvalue weighted by molar-refractivity contribution is 7.99. The summed E-state index contributed by atoms with van der Waals surface area (Å²) in [5.74, 6) is -0.676. The van der Waals surface area contributed by atoms with E-state index in [1.807, 2.05) is 0 Å². The second kappa shape index (κ2) is 5.35. The summed E-state index contributed by atoms with van der Waals surface area (Å²) in [4.78, 5) is 20.0. The molecule has 0 radical (unpaired) electrons. The zero-order valence-electron chi connectivity index (χ0n) is 7.71. The summed E-state index contributed by atoms with van der Waals surface area (Å²) in [6.07, 6.45) is 0. The summed E-state index contributed by atoms with van der Waals surface area (Å²) >= 11 is 1.20. The first-order chi connectivity index (χ1) is 7.09. The van der Waals surface area contributed by atoms with Crippen LogP contribution in [0.25, 0.3) is 0 Å². The molecule has 0 spiro atoms. The second-order valence-electron chi connectivity index (χ2n) is 2.79. The molecule has 1 aromatic rings. The second-order valence-corrected chi connectivity index (χ2v) is 3.77. The summed E-state index contributed by atoms with van der Waals surface area (Å²) in [6, 6.07) is 6.02. The lowest BCUT2D eigenvalue weighted by atomic mass is 10.2. The van der Waals surface area contributed by atoms with E-state index in [1.165, 1.54) is 23.9 Å². The number of nitro benzene ring substituents is 1. The Hall–Kier alpha value is -1.56. The molecule has 0 N–H and O–H groups in total. The first-order valence-electron chi connectivity index (χ1n) is 4.10. The molecule has 0 aliphatic heterocycles. The number of carbonyl (C=O) groups is 1.